The molecule has 86 heavy (non-hydrogen) atoms. The summed E-state index contributed by atoms with van der Waals surface area (Å²) >= 11 is 1.08. The Morgan fingerprint density at radius 3 is 1.98 bits per heavy atom. The molecule has 5 amide bonds. The molecule has 0 aliphatic carbocycles. The van der Waals surface area contributed by atoms with Gasteiger partial charge in [-0.3, -0.25) is 52.8 Å². The highest BCUT2D eigenvalue weighted by atomic mass is 32.1. The van der Waals surface area contributed by atoms with E-state index in [1.165, 1.54) is 25.3 Å². The van der Waals surface area contributed by atoms with Crippen LogP contribution >= 0.6 is 11.3 Å². The van der Waals surface area contributed by atoms with Crippen LogP contribution in [0.2, 0.25) is 0 Å². The number of hydrogen-bond acceptors (Lipinski definition) is 19. The van der Waals surface area contributed by atoms with Crippen molar-refractivity contribution in [2.75, 3.05) is 92.4 Å². The van der Waals surface area contributed by atoms with Crippen molar-refractivity contribution < 1.29 is 81.5 Å². The van der Waals surface area contributed by atoms with E-state index in [-0.39, 0.29) is 164 Å². The molecular weight excluding hydrogens is 1130 g/mol. The minimum absolute atomic E-state index is 0.00608. The van der Waals surface area contributed by atoms with Crippen LogP contribution in [-0.2, 0) is 73.3 Å². The Morgan fingerprint density at radius 1 is 0.814 bits per heavy atom. The Balaban J connectivity index is 1.85. The summed E-state index contributed by atoms with van der Waals surface area (Å²) in [5.41, 5.74) is -0.183. The Labute approximate surface area is 509 Å². The number of carbonyl (C=O) groups is 10. The lowest BCUT2D eigenvalue weighted by Crippen LogP contribution is -2.50. The highest BCUT2D eigenvalue weighted by Gasteiger charge is 2.39. The number of carboxylic acids is 1. The van der Waals surface area contributed by atoms with E-state index in [2.05, 4.69) is 38.1 Å². The van der Waals surface area contributed by atoms with Gasteiger partial charge in [0, 0.05) is 94.4 Å². The quantitative estimate of drug-likeness (QED) is 0.0654. The second kappa shape index (κ2) is 38.5. The molecule has 0 spiro atoms. The van der Waals surface area contributed by atoms with Crippen molar-refractivity contribution in [3.05, 3.63) is 39.8 Å². The third-order valence-electron chi connectivity index (χ3n) is 14.9. The summed E-state index contributed by atoms with van der Waals surface area (Å²) < 4.78 is 33.5. The zero-order valence-corrected chi connectivity index (χ0v) is 52.7. The second-order valence-electron chi connectivity index (χ2n) is 22.4. The van der Waals surface area contributed by atoms with E-state index >= 15 is 0 Å². The highest BCUT2D eigenvalue weighted by Crippen LogP contribution is 2.34. The van der Waals surface area contributed by atoms with Gasteiger partial charge in [0.15, 0.2) is 17.6 Å². The number of aliphatic carboxylic acids is 1. The molecule has 1 aromatic heterocycles. The normalized spacial score (nSPS) is 17.9. The fourth-order valence-electron chi connectivity index (χ4n) is 8.91. The lowest BCUT2D eigenvalue weighted by molar-refractivity contribution is -0.150. The number of ketones is 2. The van der Waals surface area contributed by atoms with Crippen LogP contribution in [0.25, 0.3) is 0 Å². The van der Waals surface area contributed by atoms with Gasteiger partial charge in [0.05, 0.1) is 76.4 Å². The van der Waals surface area contributed by atoms with Gasteiger partial charge in [-0.1, -0.05) is 47.1 Å². The van der Waals surface area contributed by atoms with Gasteiger partial charge in [0.1, 0.15) is 16.5 Å². The number of nitrogens with one attached hydrogen (secondary N) is 4. The number of hydrogen-bond donors (Lipinski definition) is 5. The van der Waals surface area contributed by atoms with Crippen LogP contribution in [0, 0.1) is 35.5 Å². The monoisotopic (exact) mass is 1230 g/mol. The van der Waals surface area contributed by atoms with Gasteiger partial charge in [-0.2, -0.15) is 0 Å². The van der Waals surface area contributed by atoms with Crippen molar-refractivity contribution in [1.82, 2.24) is 30.7 Å². The second-order valence-corrected chi connectivity index (χ2v) is 23.3. The summed E-state index contributed by atoms with van der Waals surface area (Å²) in [5, 5.41) is 22.6. The third kappa shape index (κ3) is 26.9. The number of amides is 5. The number of nitrogens with zero attached hydrogens (tertiary/aromatic N) is 3. The van der Waals surface area contributed by atoms with Crippen LogP contribution in [0.15, 0.2) is 23.6 Å². The number of ether oxygens (including phenoxy) is 6. The molecule has 3 rings (SSSR count). The van der Waals surface area contributed by atoms with Gasteiger partial charge in [0.2, 0.25) is 11.8 Å². The first-order chi connectivity index (χ1) is 40.7. The molecule has 1 unspecified atom stereocenters. The van der Waals surface area contributed by atoms with Gasteiger partial charge in [-0.05, 0) is 83.2 Å². The SMILES string of the molecule is CC[C@H](C)[C@H](CC(=O)C(C)(C)N(C)C)C(=O)N(C)[C@H](C[C@@H](OC(C)=O)c1nc(C(=O)N[C@@H](Cc2ccc3c(c2)NC(=O)CCCCC(=O)CCOCCOCCNC(=O)C#CC(=O)NCCOCCOCCC(=O)O3)CC(C)C(=O)O)cs1)C(C)C. The number of fused-ring (bicyclic) bond motifs is 1. The number of carboxylic acid groups (broad SMARTS) is 1. The number of thiazole rings is 1. The van der Waals surface area contributed by atoms with Crippen molar-refractivity contribution in [3.63, 3.8) is 0 Å². The molecule has 0 bridgehead atoms. The van der Waals surface area contributed by atoms with Crippen LogP contribution in [0.4, 0.5) is 5.69 Å². The largest absolute Gasteiger partial charge is 0.481 e. The summed E-state index contributed by atoms with van der Waals surface area (Å²) in [4.78, 5) is 138. The number of rotatable bonds is 20. The van der Waals surface area contributed by atoms with E-state index in [4.69, 9.17) is 28.4 Å². The van der Waals surface area contributed by atoms with E-state index in [1.807, 2.05) is 60.5 Å². The maximum atomic E-state index is 14.4. The molecule has 478 valence electrons. The van der Waals surface area contributed by atoms with E-state index < -0.39 is 77.1 Å². The summed E-state index contributed by atoms with van der Waals surface area (Å²) in [7, 11) is 5.34. The molecule has 1 aliphatic rings. The zero-order chi connectivity index (χ0) is 63.9. The lowest BCUT2D eigenvalue weighted by atomic mass is 9.81. The molecule has 1 aromatic carbocycles. The van der Waals surface area contributed by atoms with Crippen molar-refractivity contribution in [3.8, 4) is 17.6 Å². The van der Waals surface area contributed by atoms with Crippen molar-refractivity contribution in [2.24, 2.45) is 23.7 Å². The lowest BCUT2D eigenvalue weighted by Gasteiger charge is -2.38. The molecule has 2 heterocycles. The van der Waals surface area contributed by atoms with Crippen molar-refractivity contribution in [2.45, 2.75) is 150 Å². The summed E-state index contributed by atoms with van der Waals surface area (Å²) in [6, 6.07) is 3.35. The van der Waals surface area contributed by atoms with E-state index in [9.17, 15) is 53.1 Å². The van der Waals surface area contributed by atoms with E-state index in [0.29, 0.717) is 29.8 Å². The van der Waals surface area contributed by atoms with Gasteiger partial charge in [-0.25, -0.2) is 4.98 Å². The van der Waals surface area contributed by atoms with Crippen LogP contribution in [0.3, 0.4) is 0 Å². The number of aromatic nitrogens is 1. The van der Waals surface area contributed by atoms with Gasteiger partial charge in [-0.15, -0.1) is 11.3 Å². The fraction of sp³-hybridized carbons (Fsp3) is 0.656. The molecule has 1 aliphatic heterocycles. The maximum Gasteiger partial charge on any atom is 0.313 e. The van der Waals surface area contributed by atoms with Gasteiger partial charge in [0.25, 0.3) is 17.7 Å². The van der Waals surface area contributed by atoms with Gasteiger partial charge < -0.3 is 59.7 Å². The summed E-state index contributed by atoms with van der Waals surface area (Å²) in [6.45, 7) is 15.6. The number of Topliss-reactive ketones (excluding diaryl/α,β-unsaturated/α-hetero) is 2. The number of carbonyl (C=O) groups excluding carboxylic acids is 9. The first-order valence-corrected chi connectivity index (χ1v) is 30.3. The minimum Gasteiger partial charge on any atom is -0.481 e. The molecule has 6 atom stereocenters. The predicted octanol–water partition coefficient (Wildman–Crippen LogP) is 5.10. The molecule has 0 fully saturated rings. The molecule has 0 radical (unpaired) electrons. The molecule has 0 saturated carbocycles. The first kappa shape index (κ1) is 73.6. The first-order valence-electron chi connectivity index (χ1n) is 29.4. The summed E-state index contributed by atoms with van der Waals surface area (Å²) in [6.07, 6.45) is 0.845. The molecule has 5 N–H and O–H groups in total. The van der Waals surface area contributed by atoms with Crippen LogP contribution < -0.4 is 26.0 Å². The number of benzene rings is 1. The van der Waals surface area contributed by atoms with E-state index in [0.717, 1.165) is 11.3 Å². The standard InChI is InChI=1S/C61H91N7O17S/c1-12-40(4)46(36-52(71)61(7,8)67(9)10)59(77)68(11)49(39(2)3)37-51(84-42(6)69)58-66-48(38-86-58)57(76)64-44(33-41(5)60(78)79)34-43-17-18-50-47(35-43)65-55(74)16-14-13-15-45(70)21-25-80-29-31-82-27-23-62-53(72)19-20-54(73)63-24-28-83-32-30-81-26-22-56(75)85-50/h17-18,35,38-41,44,46,49,51H,12-16,21-34,36-37H2,1-11H3,(H,62,72)(H,63,73)(H,64,76)(H,65,74)(H,78,79)/t40-,41?,44+,46-,49+,51+/m0/s1. The molecule has 24 nitrogen and oxygen atoms in total. The number of anilines is 1. The maximum absolute atomic E-state index is 14.4. The predicted molar refractivity (Wildman–Crippen MR) is 320 cm³/mol. The Morgan fingerprint density at radius 2 is 1.41 bits per heavy atom. The smallest absolute Gasteiger partial charge is 0.313 e. The zero-order valence-electron chi connectivity index (χ0n) is 51.9. The van der Waals surface area contributed by atoms with E-state index in [1.54, 1.807) is 24.1 Å². The van der Waals surface area contributed by atoms with Crippen molar-refractivity contribution in [1.29, 1.82) is 0 Å². The van der Waals surface area contributed by atoms with Crippen molar-refractivity contribution >= 4 is 76.0 Å². The third-order valence-corrected chi connectivity index (χ3v) is 15.8. The Hall–Kier alpha value is -6.69. The average molecular weight is 1230 g/mol. The molecule has 2 aromatic rings. The Kier molecular flexibility index (Phi) is 32.9. The average Bonchev–Trinajstić information content (AvgIpc) is 3.55. The number of likely N-dealkylation sites (N-methyl/N-ethyl adjacent to an activating group) is 1. The number of esters is 2. The molecule has 25 heteroatoms. The Bertz CT molecular complexity index is 2650. The molecular formula is C61H91N7O17S. The highest BCUT2D eigenvalue weighted by molar-refractivity contribution is 7.09. The molecule has 0 saturated heterocycles. The van der Waals surface area contributed by atoms with Crippen LogP contribution in [0.5, 0.6) is 5.75 Å². The topological polar surface area (TPSA) is 314 Å². The van der Waals surface area contributed by atoms with Crippen LogP contribution in [-0.4, -0.2) is 184 Å². The fourth-order valence-corrected chi connectivity index (χ4v) is 9.75. The summed E-state index contributed by atoms with van der Waals surface area (Å²) in [5.74, 6) is -2.52. The van der Waals surface area contributed by atoms with Crippen LogP contribution in [0.1, 0.15) is 147 Å². The van der Waals surface area contributed by atoms with Gasteiger partial charge >= 0.3 is 17.9 Å². The minimum atomic E-state index is -1.11.